The molecule has 0 unspecified atom stereocenters. The number of hydrogen-bond donors (Lipinski definition) is 0. The number of allylic oxidation sites excluding steroid dienone is 4. The molecule has 224 valence electrons. The summed E-state index contributed by atoms with van der Waals surface area (Å²) in [5.41, 5.74) is 5.41. The number of Topliss-reactive ketones (excluding diaryl/α,β-unsaturated/α-hetero) is 2. The predicted octanol–water partition coefficient (Wildman–Crippen LogP) is 8.74. The Bertz CT molecular complexity index is 1650. The van der Waals surface area contributed by atoms with E-state index in [4.69, 9.17) is 9.47 Å². The summed E-state index contributed by atoms with van der Waals surface area (Å²) < 4.78 is 13.6. The van der Waals surface area contributed by atoms with Gasteiger partial charge in [-0.25, -0.2) is 0 Å². The van der Waals surface area contributed by atoms with Crippen molar-refractivity contribution in [1.82, 2.24) is 4.90 Å². The van der Waals surface area contributed by atoms with Crippen LogP contribution in [0, 0.1) is 14.4 Å². The fourth-order valence-electron chi connectivity index (χ4n) is 7.22. The first-order valence-corrected chi connectivity index (χ1v) is 16.3. The Balaban J connectivity index is 1.46. The molecule has 0 spiro atoms. The first kappa shape index (κ1) is 29.9. The van der Waals surface area contributed by atoms with Gasteiger partial charge in [0.1, 0.15) is 6.61 Å². The highest BCUT2D eigenvalue weighted by molar-refractivity contribution is 14.1. The van der Waals surface area contributed by atoms with Crippen molar-refractivity contribution in [2.24, 2.45) is 10.8 Å². The number of hydrogen-bond acceptors (Lipinski definition) is 5. The van der Waals surface area contributed by atoms with Crippen molar-refractivity contribution in [2.75, 3.05) is 13.7 Å². The van der Waals surface area contributed by atoms with Crippen LogP contribution >= 0.6 is 22.6 Å². The SMILES string of the molecule is CCOc1cc(C2C3=C(CC(C)(C)CC3=O)N(C)C3=C2C(=O)CC(C)(C)C3)cc(I)c1OCc1cccc2ccccc12. The quantitative estimate of drug-likeness (QED) is 0.243. The minimum absolute atomic E-state index is 0.134. The van der Waals surface area contributed by atoms with E-state index in [9.17, 15) is 9.59 Å². The number of nitrogens with zero attached hydrogens (tertiary/aromatic N) is 1. The van der Waals surface area contributed by atoms with Gasteiger partial charge in [0.25, 0.3) is 0 Å². The minimum Gasteiger partial charge on any atom is -0.490 e. The number of fused-ring (bicyclic) bond motifs is 1. The summed E-state index contributed by atoms with van der Waals surface area (Å²) in [6.45, 7) is 11.5. The molecule has 3 aliphatic rings. The molecule has 6 heteroatoms. The van der Waals surface area contributed by atoms with E-state index in [-0.39, 0.29) is 22.4 Å². The molecule has 5 nitrogen and oxygen atoms in total. The van der Waals surface area contributed by atoms with Gasteiger partial charge in [-0.05, 0) is 87.2 Å². The molecule has 0 atom stereocenters. The summed E-state index contributed by atoms with van der Waals surface area (Å²) in [5.74, 6) is 1.18. The van der Waals surface area contributed by atoms with E-state index in [1.807, 2.05) is 32.2 Å². The maximum Gasteiger partial charge on any atom is 0.174 e. The maximum atomic E-state index is 13.9. The molecule has 0 saturated heterocycles. The lowest BCUT2D eigenvalue weighted by Gasteiger charge is -2.48. The van der Waals surface area contributed by atoms with Crippen LogP contribution in [0.2, 0.25) is 0 Å². The molecule has 0 saturated carbocycles. The Labute approximate surface area is 268 Å². The second kappa shape index (κ2) is 11.1. The highest BCUT2D eigenvalue weighted by Gasteiger charge is 2.48. The van der Waals surface area contributed by atoms with Gasteiger partial charge >= 0.3 is 0 Å². The van der Waals surface area contributed by atoms with Crippen molar-refractivity contribution < 1.29 is 19.1 Å². The van der Waals surface area contributed by atoms with E-state index in [0.717, 1.165) is 55.5 Å². The fraction of sp³-hybridized carbons (Fsp3) is 0.405. The van der Waals surface area contributed by atoms with Crippen molar-refractivity contribution in [3.05, 3.63) is 91.8 Å². The predicted molar refractivity (Wildman–Crippen MR) is 179 cm³/mol. The normalized spacial score (nSPS) is 19.9. The average molecular weight is 690 g/mol. The Kier molecular flexibility index (Phi) is 7.72. The van der Waals surface area contributed by atoms with Gasteiger partial charge < -0.3 is 14.4 Å². The fourth-order valence-corrected chi connectivity index (χ4v) is 8.00. The van der Waals surface area contributed by atoms with Crippen molar-refractivity contribution in [3.63, 3.8) is 0 Å². The van der Waals surface area contributed by atoms with E-state index < -0.39 is 5.92 Å². The number of carbonyl (C=O) groups is 2. The molecular formula is C37H40INO4. The Hall–Kier alpha value is -3.13. The van der Waals surface area contributed by atoms with Crippen molar-refractivity contribution in [1.29, 1.82) is 0 Å². The topological polar surface area (TPSA) is 55.8 Å². The summed E-state index contributed by atoms with van der Waals surface area (Å²) in [7, 11) is 2.05. The molecule has 0 fully saturated rings. The van der Waals surface area contributed by atoms with Gasteiger partial charge in [-0.3, -0.25) is 9.59 Å². The molecule has 2 aliphatic carbocycles. The van der Waals surface area contributed by atoms with E-state index in [2.05, 4.69) is 91.6 Å². The van der Waals surface area contributed by atoms with E-state index in [1.54, 1.807) is 0 Å². The lowest BCUT2D eigenvalue weighted by molar-refractivity contribution is -0.119. The van der Waals surface area contributed by atoms with Crippen LogP contribution in [0.3, 0.4) is 0 Å². The summed E-state index contributed by atoms with van der Waals surface area (Å²) in [6, 6.07) is 18.7. The standard InChI is InChI=1S/C37H40INO4/c1-7-42-31-16-24(15-26(38)35(31)43-21-23-13-10-12-22-11-8-9-14-25(22)23)32-33-27(17-36(2,3)19-29(33)40)39(6)28-18-37(4,5)20-30(41)34(28)32/h8-16,32H,7,17-21H2,1-6H3. The summed E-state index contributed by atoms with van der Waals surface area (Å²) in [4.78, 5) is 30.0. The van der Waals surface area contributed by atoms with Gasteiger partial charge in [0.2, 0.25) is 0 Å². The molecule has 0 aromatic heterocycles. The Morgan fingerprint density at radius 3 is 2.07 bits per heavy atom. The smallest absolute Gasteiger partial charge is 0.174 e. The first-order chi connectivity index (χ1) is 20.4. The van der Waals surface area contributed by atoms with Crippen molar-refractivity contribution in [2.45, 2.75) is 72.8 Å². The second-order valence-electron chi connectivity index (χ2n) is 13.8. The molecule has 6 rings (SSSR count). The summed E-state index contributed by atoms with van der Waals surface area (Å²) in [5, 5.41) is 2.34. The lowest BCUT2D eigenvalue weighted by atomic mass is 9.64. The Morgan fingerprint density at radius 1 is 0.837 bits per heavy atom. The van der Waals surface area contributed by atoms with Gasteiger partial charge in [0.05, 0.1) is 10.2 Å². The van der Waals surface area contributed by atoms with Gasteiger partial charge in [-0.1, -0.05) is 70.2 Å². The van der Waals surface area contributed by atoms with Crippen LogP contribution in [0.15, 0.2) is 77.1 Å². The summed E-state index contributed by atoms with van der Waals surface area (Å²) >= 11 is 2.31. The molecule has 43 heavy (non-hydrogen) atoms. The average Bonchev–Trinajstić information content (AvgIpc) is 2.93. The number of carbonyl (C=O) groups excluding carboxylic acids is 2. The van der Waals surface area contributed by atoms with Gasteiger partial charge in [-0.15, -0.1) is 0 Å². The molecule has 0 amide bonds. The third-order valence-corrected chi connectivity index (χ3v) is 9.90. The van der Waals surface area contributed by atoms with E-state index in [0.29, 0.717) is 37.6 Å². The van der Waals surface area contributed by atoms with Gasteiger partial charge in [-0.2, -0.15) is 0 Å². The number of ether oxygens (including phenoxy) is 2. The largest absolute Gasteiger partial charge is 0.490 e. The van der Waals surface area contributed by atoms with Crippen LogP contribution in [0.1, 0.15) is 77.3 Å². The first-order valence-electron chi connectivity index (χ1n) is 15.2. The van der Waals surface area contributed by atoms with Crippen molar-refractivity contribution >= 4 is 44.9 Å². The number of rotatable bonds is 6. The zero-order valence-electron chi connectivity index (χ0n) is 26.0. The molecule has 0 N–H and O–H groups in total. The minimum atomic E-state index is -0.409. The Morgan fingerprint density at radius 2 is 1.44 bits per heavy atom. The zero-order chi connectivity index (χ0) is 30.7. The third kappa shape index (κ3) is 5.52. The second-order valence-corrected chi connectivity index (χ2v) is 14.9. The van der Waals surface area contributed by atoms with Crippen LogP contribution in [0.4, 0.5) is 0 Å². The molecule has 3 aromatic rings. The van der Waals surface area contributed by atoms with E-state index >= 15 is 0 Å². The molecule has 0 radical (unpaired) electrons. The molecule has 1 aliphatic heterocycles. The van der Waals surface area contributed by atoms with Gasteiger partial charge in [0.15, 0.2) is 23.1 Å². The number of halogens is 1. The van der Waals surface area contributed by atoms with Crippen LogP contribution in [-0.2, 0) is 16.2 Å². The van der Waals surface area contributed by atoms with E-state index in [1.165, 1.54) is 5.39 Å². The lowest BCUT2D eigenvalue weighted by Crippen LogP contribution is -2.43. The summed E-state index contributed by atoms with van der Waals surface area (Å²) in [6.07, 6.45) is 2.54. The molecule has 1 heterocycles. The number of benzene rings is 3. The van der Waals surface area contributed by atoms with Crippen LogP contribution in [-0.4, -0.2) is 30.1 Å². The molecule has 3 aromatic carbocycles. The molecule has 0 bridgehead atoms. The molecular weight excluding hydrogens is 649 g/mol. The third-order valence-electron chi connectivity index (χ3n) is 9.10. The van der Waals surface area contributed by atoms with Crippen molar-refractivity contribution in [3.8, 4) is 11.5 Å². The maximum absolute atomic E-state index is 13.9. The zero-order valence-corrected chi connectivity index (χ0v) is 28.1. The highest BCUT2D eigenvalue weighted by atomic mass is 127. The van der Waals surface area contributed by atoms with Crippen LogP contribution < -0.4 is 9.47 Å². The number of ketones is 2. The van der Waals surface area contributed by atoms with Crippen LogP contribution in [0.25, 0.3) is 10.8 Å². The van der Waals surface area contributed by atoms with Gasteiger partial charge in [0, 0.05) is 48.3 Å². The van der Waals surface area contributed by atoms with Crippen LogP contribution in [0.5, 0.6) is 11.5 Å². The monoisotopic (exact) mass is 689 g/mol. The highest BCUT2D eigenvalue weighted by Crippen LogP contribution is 2.54.